The quantitative estimate of drug-likeness (QED) is 0.739. The number of allylic oxidation sites excluding steroid dienone is 1. The second-order valence-corrected chi connectivity index (χ2v) is 7.35. The van der Waals surface area contributed by atoms with Crippen LogP contribution in [-0.2, 0) is 0 Å². The van der Waals surface area contributed by atoms with Gasteiger partial charge in [-0.2, -0.15) is 0 Å². The molecule has 0 radical (unpaired) electrons. The Labute approximate surface area is 177 Å². The Balaban J connectivity index is 1.66. The fourth-order valence-corrected chi connectivity index (χ4v) is 4.21. The Hall–Kier alpha value is -3.12. The molecule has 1 aliphatic carbocycles. The zero-order valence-corrected chi connectivity index (χ0v) is 17.9. The maximum atomic E-state index is 5.49. The van der Waals surface area contributed by atoms with Crippen LogP contribution in [-0.4, -0.2) is 28.4 Å². The fourth-order valence-electron chi connectivity index (χ4n) is 4.21. The SMILES string of the molecule is COc1ccc(/C=C2/CCCC3=C2NN[C@@H]3c2ccc(OC)c(OC)c2)cc1OC. The summed E-state index contributed by atoms with van der Waals surface area (Å²) >= 11 is 0. The van der Waals surface area contributed by atoms with Crippen LogP contribution in [0.1, 0.15) is 36.4 Å². The molecule has 2 aromatic carbocycles. The van der Waals surface area contributed by atoms with Crippen LogP contribution < -0.4 is 29.8 Å². The van der Waals surface area contributed by atoms with E-state index in [1.165, 1.54) is 16.8 Å². The lowest BCUT2D eigenvalue weighted by Crippen LogP contribution is -2.27. The fraction of sp³-hybridized carbons (Fsp3) is 0.333. The minimum atomic E-state index is 0.105. The van der Waals surface area contributed by atoms with Crippen molar-refractivity contribution < 1.29 is 18.9 Å². The molecule has 6 nitrogen and oxygen atoms in total. The van der Waals surface area contributed by atoms with Crippen molar-refractivity contribution in [3.63, 3.8) is 0 Å². The van der Waals surface area contributed by atoms with Crippen molar-refractivity contribution in [2.24, 2.45) is 0 Å². The van der Waals surface area contributed by atoms with Gasteiger partial charge < -0.3 is 24.4 Å². The smallest absolute Gasteiger partial charge is 0.161 e. The lowest BCUT2D eigenvalue weighted by Gasteiger charge is -2.20. The normalized spacial score (nSPS) is 19.3. The molecule has 2 aromatic rings. The van der Waals surface area contributed by atoms with E-state index in [-0.39, 0.29) is 6.04 Å². The average molecular weight is 408 g/mol. The van der Waals surface area contributed by atoms with E-state index in [0.717, 1.165) is 53.4 Å². The summed E-state index contributed by atoms with van der Waals surface area (Å²) in [7, 11) is 6.62. The number of methoxy groups -OCH3 is 4. The molecule has 0 amide bonds. The second kappa shape index (κ2) is 8.71. The minimum Gasteiger partial charge on any atom is -0.493 e. The largest absolute Gasteiger partial charge is 0.493 e. The molecule has 1 heterocycles. The predicted octanol–water partition coefficient (Wildman–Crippen LogP) is 4.39. The average Bonchev–Trinajstić information content (AvgIpc) is 3.23. The molecule has 0 saturated heterocycles. The van der Waals surface area contributed by atoms with Crippen molar-refractivity contribution in [2.75, 3.05) is 28.4 Å². The van der Waals surface area contributed by atoms with Crippen LogP contribution in [0.15, 0.2) is 53.2 Å². The summed E-state index contributed by atoms with van der Waals surface area (Å²) in [6, 6.07) is 12.2. The van der Waals surface area contributed by atoms with Crippen LogP contribution in [0, 0.1) is 0 Å². The topological polar surface area (TPSA) is 61.0 Å². The first-order chi connectivity index (χ1) is 14.7. The summed E-state index contributed by atoms with van der Waals surface area (Å²) in [5.41, 5.74) is 13.0. The number of hydrogen-bond donors (Lipinski definition) is 2. The molecule has 30 heavy (non-hydrogen) atoms. The van der Waals surface area contributed by atoms with Crippen molar-refractivity contribution in [3.05, 3.63) is 64.4 Å². The number of hydrogen-bond acceptors (Lipinski definition) is 6. The number of benzene rings is 2. The Morgan fingerprint density at radius 2 is 1.47 bits per heavy atom. The Morgan fingerprint density at radius 1 is 0.800 bits per heavy atom. The van der Waals surface area contributed by atoms with E-state index in [9.17, 15) is 0 Å². The minimum absolute atomic E-state index is 0.105. The van der Waals surface area contributed by atoms with E-state index in [2.05, 4.69) is 29.1 Å². The van der Waals surface area contributed by atoms with Gasteiger partial charge in [0.2, 0.25) is 0 Å². The highest BCUT2D eigenvalue weighted by Gasteiger charge is 2.31. The third-order valence-corrected chi connectivity index (χ3v) is 5.71. The second-order valence-electron chi connectivity index (χ2n) is 7.35. The molecular formula is C24H28N2O4. The van der Waals surface area contributed by atoms with Crippen molar-refractivity contribution in [1.29, 1.82) is 0 Å². The highest BCUT2D eigenvalue weighted by atomic mass is 16.5. The van der Waals surface area contributed by atoms with E-state index in [1.54, 1.807) is 28.4 Å². The molecule has 4 rings (SSSR count). The van der Waals surface area contributed by atoms with Crippen molar-refractivity contribution in [1.82, 2.24) is 10.9 Å². The van der Waals surface area contributed by atoms with Crippen molar-refractivity contribution in [3.8, 4) is 23.0 Å². The number of nitrogens with one attached hydrogen (secondary N) is 2. The standard InChI is InChI=1S/C24H28N2O4/c1-27-19-10-8-15(13-21(19)29-3)12-16-6-5-7-18-23(16)25-26-24(18)17-9-11-20(28-2)22(14-17)30-4/h8-14,24-26H,5-7H2,1-4H3/b16-12-/t24-/m1/s1. The number of ether oxygens (including phenoxy) is 4. The summed E-state index contributed by atoms with van der Waals surface area (Å²) in [6.07, 6.45) is 5.42. The van der Waals surface area contributed by atoms with Crippen LogP contribution >= 0.6 is 0 Å². The van der Waals surface area contributed by atoms with Gasteiger partial charge in [-0.25, -0.2) is 5.43 Å². The first-order valence-corrected chi connectivity index (χ1v) is 10.1. The van der Waals surface area contributed by atoms with Crippen LogP contribution in [0.5, 0.6) is 23.0 Å². The zero-order valence-electron chi connectivity index (χ0n) is 17.9. The molecule has 0 aromatic heterocycles. The summed E-state index contributed by atoms with van der Waals surface area (Å²) in [4.78, 5) is 0. The van der Waals surface area contributed by atoms with Crippen LogP contribution in [0.25, 0.3) is 6.08 Å². The highest BCUT2D eigenvalue weighted by Crippen LogP contribution is 2.41. The predicted molar refractivity (Wildman–Crippen MR) is 117 cm³/mol. The molecule has 0 saturated carbocycles. The Morgan fingerprint density at radius 3 is 2.17 bits per heavy atom. The summed E-state index contributed by atoms with van der Waals surface area (Å²) in [5.74, 6) is 2.94. The van der Waals surface area contributed by atoms with Gasteiger partial charge in [0.05, 0.1) is 40.2 Å². The van der Waals surface area contributed by atoms with Gasteiger partial charge in [-0.15, -0.1) is 0 Å². The number of hydrazine groups is 1. The van der Waals surface area contributed by atoms with Gasteiger partial charge in [0.1, 0.15) is 0 Å². The first-order valence-electron chi connectivity index (χ1n) is 10.1. The van der Waals surface area contributed by atoms with E-state index >= 15 is 0 Å². The lowest BCUT2D eigenvalue weighted by atomic mass is 9.86. The van der Waals surface area contributed by atoms with Crippen molar-refractivity contribution in [2.45, 2.75) is 25.3 Å². The molecule has 158 valence electrons. The zero-order chi connectivity index (χ0) is 21.1. The van der Waals surface area contributed by atoms with Crippen LogP contribution in [0.3, 0.4) is 0 Å². The van der Waals surface area contributed by atoms with Gasteiger partial charge >= 0.3 is 0 Å². The third-order valence-electron chi connectivity index (χ3n) is 5.71. The third kappa shape index (κ3) is 3.71. The summed E-state index contributed by atoms with van der Waals surface area (Å²) in [6.45, 7) is 0. The molecule has 2 aliphatic rings. The van der Waals surface area contributed by atoms with Crippen LogP contribution in [0.2, 0.25) is 0 Å². The van der Waals surface area contributed by atoms with E-state index in [1.807, 2.05) is 24.3 Å². The highest BCUT2D eigenvalue weighted by molar-refractivity contribution is 5.64. The monoisotopic (exact) mass is 408 g/mol. The molecule has 0 fully saturated rings. The van der Waals surface area contributed by atoms with E-state index in [0.29, 0.717) is 0 Å². The van der Waals surface area contributed by atoms with E-state index < -0.39 is 0 Å². The van der Waals surface area contributed by atoms with E-state index in [4.69, 9.17) is 18.9 Å². The van der Waals surface area contributed by atoms with Gasteiger partial charge in [-0.1, -0.05) is 12.1 Å². The van der Waals surface area contributed by atoms with Crippen LogP contribution in [0.4, 0.5) is 0 Å². The lowest BCUT2D eigenvalue weighted by molar-refractivity contribution is 0.354. The van der Waals surface area contributed by atoms with Gasteiger partial charge in [0, 0.05) is 0 Å². The summed E-state index contributed by atoms with van der Waals surface area (Å²) in [5, 5.41) is 0. The van der Waals surface area contributed by atoms with Gasteiger partial charge in [0.25, 0.3) is 0 Å². The van der Waals surface area contributed by atoms with Crippen molar-refractivity contribution >= 4 is 6.08 Å². The molecule has 2 N–H and O–H groups in total. The molecule has 0 spiro atoms. The molecule has 6 heteroatoms. The molecule has 1 aliphatic heterocycles. The molecule has 0 bridgehead atoms. The van der Waals surface area contributed by atoms with Gasteiger partial charge in [-0.3, -0.25) is 0 Å². The maximum Gasteiger partial charge on any atom is 0.161 e. The Kier molecular flexibility index (Phi) is 5.86. The van der Waals surface area contributed by atoms with Gasteiger partial charge in [-0.05, 0) is 71.9 Å². The molecular weight excluding hydrogens is 380 g/mol. The number of rotatable bonds is 6. The molecule has 1 atom stereocenters. The Bertz CT molecular complexity index is 997. The first kappa shape index (κ1) is 20.2. The summed E-state index contributed by atoms with van der Waals surface area (Å²) < 4.78 is 21.7. The maximum absolute atomic E-state index is 5.49. The van der Waals surface area contributed by atoms with Gasteiger partial charge in [0.15, 0.2) is 23.0 Å². The molecule has 0 unspecified atom stereocenters.